The van der Waals surface area contributed by atoms with Crippen LogP contribution in [0.2, 0.25) is 0 Å². The largest absolute Gasteiger partial charge is 0.393 e. The van der Waals surface area contributed by atoms with Crippen LogP contribution in [0.5, 0.6) is 0 Å². The number of aliphatic hydroxyl groups excluding tert-OH is 1. The Morgan fingerprint density at radius 3 is 2.48 bits per heavy atom. The fourth-order valence-corrected chi connectivity index (χ4v) is 2.99. The highest BCUT2D eigenvalue weighted by Crippen LogP contribution is 2.25. The summed E-state index contributed by atoms with van der Waals surface area (Å²) in [6, 6.07) is 9.98. The van der Waals surface area contributed by atoms with Crippen LogP contribution in [0.1, 0.15) is 61.6 Å². The lowest BCUT2D eigenvalue weighted by Gasteiger charge is -2.21. The normalized spacial score (nSPS) is 14.2. The molecule has 25 heavy (non-hydrogen) atoms. The average molecular weight is 343 g/mol. The number of carbonyl (C=O) groups excluding carboxylic acids is 1. The molecule has 0 aliphatic heterocycles. The molecule has 0 bridgehead atoms. The Bertz CT molecular complexity index is 699. The molecule has 0 saturated heterocycles. The Morgan fingerprint density at radius 1 is 1.28 bits per heavy atom. The predicted molar refractivity (Wildman–Crippen MR) is 99.7 cm³/mol. The van der Waals surface area contributed by atoms with Gasteiger partial charge in [-0.1, -0.05) is 51.1 Å². The lowest BCUT2D eigenvalue weighted by atomic mass is 9.89. The van der Waals surface area contributed by atoms with Crippen LogP contribution in [-0.2, 0) is 12.5 Å². The molecule has 1 amide bonds. The molecule has 5 heteroatoms. The lowest BCUT2D eigenvalue weighted by molar-refractivity contribution is 0.0943. The molecule has 2 unspecified atom stereocenters. The van der Waals surface area contributed by atoms with Gasteiger partial charge in [0.1, 0.15) is 0 Å². The van der Waals surface area contributed by atoms with Gasteiger partial charge in [0.25, 0.3) is 5.91 Å². The van der Waals surface area contributed by atoms with Crippen molar-refractivity contribution in [1.82, 2.24) is 15.1 Å². The van der Waals surface area contributed by atoms with Crippen LogP contribution in [0.25, 0.3) is 0 Å². The molecule has 2 N–H and O–H groups in total. The van der Waals surface area contributed by atoms with Crippen LogP contribution in [0.3, 0.4) is 0 Å². The van der Waals surface area contributed by atoms with E-state index in [0.717, 1.165) is 11.3 Å². The van der Waals surface area contributed by atoms with Crippen molar-refractivity contribution in [1.29, 1.82) is 0 Å². The molecule has 1 aromatic heterocycles. The molecule has 1 heterocycles. The van der Waals surface area contributed by atoms with Crippen molar-refractivity contribution in [3.8, 4) is 0 Å². The summed E-state index contributed by atoms with van der Waals surface area (Å²) in [5, 5.41) is 17.3. The van der Waals surface area contributed by atoms with Crippen molar-refractivity contribution in [3.05, 3.63) is 53.3 Å². The molecule has 2 atom stereocenters. The molecule has 0 spiro atoms. The number of amides is 1. The molecule has 5 nitrogen and oxygen atoms in total. The van der Waals surface area contributed by atoms with Gasteiger partial charge in [-0.25, -0.2) is 0 Å². The third-order valence-electron chi connectivity index (χ3n) is 4.19. The highest BCUT2D eigenvalue weighted by Gasteiger charge is 2.26. The van der Waals surface area contributed by atoms with E-state index >= 15 is 0 Å². The van der Waals surface area contributed by atoms with E-state index in [2.05, 4.69) is 10.4 Å². The first-order chi connectivity index (χ1) is 11.7. The number of rotatable bonds is 6. The number of aromatic nitrogens is 2. The topological polar surface area (TPSA) is 67.2 Å². The van der Waals surface area contributed by atoms with Crippen molar-refractivity contribution < 1.29 is 9.90 Å². The number of hydrogen-bond acceptors (Lipinski definition) is 3. The zero-order valence-electron chi connectivity index (χ0n) is 15.8. The summed E-state index contributed by atoms with van der Waals surface area (Å²) in [5.41, 5.74) is 2.32. The maximum Gasteiger partial charge on any atom is 0.254 e. The summed E-state index contributed by atoms with van der Waals surface area (Å²) in [6.07, 6.45) is 1.94. The predicted octanol–water partition coefficient (Wildman–Crippen LogP) is 3.00. The van der Waals surface area contributed by atoms with Crippen LogP contribution >= 0.6 is 0 Å². The lowest BCUT2D eigenvalue weighted by Crippen LogP contribution is -2.31. The van der Waals surface area contributed by atoms with Gasteiger partial charge in [0.2, 0.25) is 0 Å². The molecular formula is C20H29N3O2. The van der Waals surface area contributed by atoms with E-state index in [0.29, 0.717) is 18.5 Å². The number of benzene rings is 1. The summed E-state index contributed by atoms with van der Waals surface area (Å²) in [6.45, 7) is 8.40. The van der Waals surface area contributed by atoms with Gasteiger partial charge in [-0.2, -0.15) is 5.10 Å². The highest BCUT2D eigenvalue weighted by molar-refractivity contribution is 5.95. The zero-order valence-corrected chi connectivity index (χ0v) is 15.8. The summed E-state index contributed by atoms with van der Waals surface area (Å²) in [5.74, 6) is -0.0514. The Hall–Kier alpha value is -2.14. The van der Waals surface area contributed by atoms with Crippen LogP contribution in [-0.4, -0.2) is 33.4 Å². The number of hydrogen-bond donors (Lipinski definition) is 2. The Kier molecular flexibility index (Phi) is 6.01. The Labute approximate surface area is 150 Å². The van der Waals surface area contributed by atoms with Gasteiger partial charge in [-0.3, -0.25) is 9.48 Å². The van der Waals surface area contributed by atoms with E-state index in [1.165, 1.54) is 0 Å². The van der Waals surface area contributed by atoms with E-state index in [-0.39, 0.29) is 17.2 Å². The fourth-order valence-electron chi connectivity index (χ4n) is 2.99. The van der Waals surface area contributed by atoms with Gasteiger partial charge >= 0.3 is 0 Å². The smallest absolute Gasteiger partial charge is 0.254 e. The minimum atomic E-state index is -0.425. The molecule has 0 aliphatic carbocycles. The molecule has 0 saturated carbocycles. The first kappa shape index (κ1) is 19.2. The molecule has 0 fully saturated rings. The van der Waals surface area contributed by atoms with Crippen molar-refractivity contribution >= 4 is 5.91 Å². The van der Waals surface area contributed by atoms with E-state index in [1.54, 1.807) is 17.8 Å². The van der Waals surface area contributed by atoms with E-state index in [4.69, 9.17) is 0 Å². The molecule has 0 radical (unpaired) electrons. The van der Waals surface area contributed by atoms with Crippen molar-refractivity contribution in [3.63, 3.8) is 0 Å². The van der Waals surface area contributed by atoms with Crippen LogP contribution in [0, 0.1) is 0 Å². The number of nitrogens with zero attached hydrogens (tertiary/aromatic N) is 2. The number of aliphatic hydroxyl groups is 1. The highest BCUT2D eigenvalue weighted by atomic mass is 16.3. The third-order valence-corrected chi connectivity index (χ3v) is 4.19. The molecule has 1 aromatic carbocycles. The first-order valence-electron chi connectivity index (χ1n) is 8.74. The van der Waals surface area contributed by atoms with Gasteiger partial charge in [0.05, 0.1) is 17.4 Å². The summed E-state index contributed by atoms with van der Waals surface area (Å²) in [7, 11) is 1.83. The number of carbonyl (C=O) groups is 1. The number of aryl methyl sites for hydroxylation is 1. The van der Waals surface area contributed by atoms with Gasteiger partial charge in [0.15, 0.2) is 0 Å². The van der Waals surface area contributed by atoms with Gasteiger partial charge in [-0.05, 0) is 18.9 Å². The first-order valence-corrected chi connectivity index (χ1v) is 8.74. The SMILES string of the molecule is CC(O)CC(CNC(=O)c1cn(C)nc1C(C)(C)C)c1ccccc1. The average Bonchev–Trinajstić information content (AvgIpc) is 2.94. The van der Waals surface area contributed by atoms with Crippen molar-refractivity contribution in [2.75, 3.05) is 6.54 Å². The Morgan fingerprint density at radius 2 is 1.92 bits per heavy atom. The summed E-state index contributed by atoms with van der Waals surface area (Å²) in [4.78, 5) is 12.7. The van der Waals surface area contributed by atoms with Crippen LogP contribution in [0.15, 0.2) is 36.5 Å². The minimum Gasteiger partial charge on any atom is -0.393 e. The molecule has 0 aliphatic rings. The molecular weight excluding hydrogens is 314 g/mol. The van der Waals surface area contributed by atoms with Gasteiger partial charge in [-0.15, -0.1) is 0 Å². The minimum absolute atomic E-state index is 0.0694. The molecule has 2 rings (SSSR count). The maximum atomic E-state index is 12.7. The van der Waals surface area contributed by atoms with Crippen molar-refractivity contribution in [2.45, 2.75) is 51.6 Å². The van der Waals surface area contributed by atoms with Crippen LogP contribution in [0.4, 0.5) is 0 Å². The van der Waals surface area contributed by atoms with E-state index in [9.17, 15) is 9.90 Å². The zero-order chi connectivity index (χ0) is 18.6. The maximum absolute atomic E-state index is 12.7. The second kappa shape index (κ2) is 7.83. The standard InChI is InChI=1S/C20H29N3O2/c1-14(24)11-16(15-9-7-6-8-10-15)12-21-19(25)17-13-23(5)22-18(17)20(2,3)4/h6-10,13-14,16,24H,11-12H2,1-5H3,(H,21,25). The second-order valence-corrected chi connectivity index (χ2v) is 7.72. The summed E-state index contributed by atoms with van der Waals surface area (Å²) < 4.78 is 1.68. The summed E-state index contributed by atoms with van der Waals surface area (Å²) >= 11 is 0. The van der Waals surface area contributed by atoms with E-state index in [1.807, 2.05) is 58.2 Å². The molecule has 136 valence electrons. The molecule has 2 aromatic rings. The quantitative estimate of drug-likeness (QED) is 0.847. The van der Waals surface area contributed by atoms with Gasteiger partial charge in [0, 0.05) is 31.1 Å². The fraction of sp³-hybridized carbons (Fsp3) is 0.500. The number of nitrogens with one attached hydrogen (secondary N) is 1. The monoisotopic (exact) mass is 343 g/mol. The van der Waals surface area contributed by atoms with Crippen molar-refractivity contribution in [2.24, 2.45) is 7.05 Å². The van der Waals surface area contributed by atoms with E-state index < -0.39 is 6.10 Å². The van der Waals surface area contributed by atoms with Crippen LogP contribution < -0.4 is 5.32 Å². The second-order valence-electron chi connectivity index (χ2n) is 7.72. The van der Waals surface area contributed by atoms with Gasteiger partial charge < -0.3 is 10.4 Å². The third kappa shape index (κ3) is 5.16. The Balaban J connectivity index is 2.14.